The van der Waals surface area contributed by atoms with Gasteiger partial charge < -0.3 is 15.3 Å². The first-order valence-electron chi connectivity index (χ1n) is 12.9. The molecule has 0 rings (SSSR count). The van der Waals surface area contributed by atoms with E-state index in [2.05, 4.69) is 53.6 Å². The van der Waals surface area contributed by atoms with Crippen LogP contribution in [0.5, 0.6) is 0 Å². The Morgan fingerprint density at radius 3 is 1.68 bits per heavy atom. The molecular formula is C31H44O3. The molecule has 0 aromatic heterocycles. The van der Waals surface area contributed by atoms with Crippen molar-refractivity contribution in [3.05, 3.63) is 24.3 Å². The van der Waals surface area contributed by atoms with Gasteiger partial charge >= 0.3 is 0 Å². The highest BCUT2D eigenvalue weighted by Gasteiger charge is 1.98. The Balaban J connectivity index is 3.37. The molecule has 186 valence electrons. The monoisotopic (exact) mass is 464 g/mol. The van der Waals surface area contributed by atoms with Crippen molar-refractivity contribution in [2.24, 2.45) is 0 Å². The number of rotatable bonds is 19. The Hall–Kier alpha value is -2.40. The van der Waals surface area contributed by atoms with Gasteiger partial charge in [0.2, 0.25) is 0 Å². The summed E-state index contributed by atoms with van der Waals surface area (Å²) in [5, 5.41) is 27.5. The van der Waals surface area contributed by atoms with E-state index in [9.17, 15) is 10.2 Å². The van der Waals surface area contributed by atoms with Crippen LogP contribution in [0.4, 0.5) is 0 Å². The average molecular weight is 465 g/mol. The van der Waals surface area contributed by atoms with E-state index in [1.165, 1.54) is 77.0 Å². The predicted octanol–water partition coefficient (Wildman–Crippen LogP) is 5.70. The second-order valence-electron chi connectivity index (χ2n) is 8.40. The molecule has 0 spiro atoms. The Morgan fingerprint density at radius 2 is 1.12 bits per heavy atom. The number of hydrogen-bond donors (Lipinski definition) is 3. The van der Waals surface area contributed by atoms with E-state index in [-0.39, 0.29) is 6.61 Å². The zero-order valence-corrected chi connectivity index (χ0v) is 20.9. The molecule has 0 aromatic rings. The van der Waals surface area contributed by atoms with Crippen molar-refractivity contribution in [1.82, 2.24) is 0 Å². The summed E-state index contributed by atoms with van der Waals surface area (Å²) in [5.74, 6) is 17.5. The van der Waals surface area contributed by atoms with Gasteiger partial charge in [0.15, 0.2) is 0 Å². The van der Waals surface area contributed by atoms with Crippen LogP contribution in [0.3, 0.4) is 0 Å². The number of hydrogen-bond acceptors (Lipinski definition) is 3. The van der Waals surface area contributed by atoms with Crippen molar-refractivity contribution in [1.29, 1.82) is 0 Å². The lowest BCUT2D eigenvalue weighted by molar-refractivity contribution is 0.217. The highest BCUT2D eigenvalue weighted by molar-refractivity contribution is 5.36. The molecular weight excluding hydrogens is 420 g/mol. The summed E-state index contributed by atoms with van der Waals surface area (Å²) in [6.45, 7) is -0.203. The van der Waals surface area contributed by atoms with Crippen molar-refractivity contribution >= 4 is 0 Å². The summed E-state index contributed by atoms with van der Waals surface area (Å²) in [7, 11) is 0. The smallest absolute Gasteiger partial charge is 0.133 e. The molecule has 0 amide bonds. The molecule has 0 radical (unpaired) electrons. The number of terminal acetylenes is 1. The van der Waals surface area contributed by atoms with E-state index in [0.29, 0.717) is 6.42 Å². The molecule has 3 N–H and O–H groups in total. The van der Waals surface area contributed by atoms with E-state index in [0.717, 1.165) is 19.3 Å². The maximum absolute atomic E-state index is 9.78. The maximum Gasteiger partial charge on any atom is 0.133 e. The predicted molar refractivity (Wildman–Crippen MR) is 143 cm³/mol. The molecule has 3 nitrogen and oxygen atoms in total. The first-order chi connectivity index (χ1) is 16.7. The third-order valence-electron chi connectivity index (χ3n) is 5.34. The molecule has 0 bridgehead atoms. The van der Waals surface area contributed by atoms with Crippen LogP contribution in [0.2, 0.25) is 0 Å². The number of aliphatic hydroxyl groups is 3. The molecule has 0 unspecified atom stereocenters. The van der Waals surface area contributed by atoms with Crippen LogP contribution in [0, 0.1) is 47.9 Å². The molecule has 0 aromatic carbocycles. The fraction of sp³-hybridized carbons (Fsp3) is 0.613. The van der Waals surface area contributed by atoms with Crippen molar-refractivity contribution < 1.29 is 15.3 Å². The van der Waals surface area contributed by atoms with Crippen LogP contribution in [0.25, 0.3) is 0 Å². The topological polar surface area (TPSA) is 60.7 Å². The van der Waals surface area contributed by atoms with Gasteiger partial charge in [-0.15, -0.1) is 6.42 Å². The third-order valence-corrected chi connectivity index (χ3v) is 5.34. The van der Waals surface area contributed by atoms with Crippen LogP contribution in [0.1, 0.15) is 103 Å². The fourth-order valence-corrected chi connectivity index (χ4v) is 3.39. The van der Waals surface area contributed by atoms with Crippen LogP contribution in [-0.2, 0) is 0 Å². The van der Waals surface area contributed by atoms with Gasteiger partial charge in [-0.2, -0.15) is 0 Å². The van der Waals surface area contributed by atoms with Crippen LogP contribution >= 0.6 is 0 Å². The second kappa shape index (κ2) is 26.8. The van der Waals surface area contributed by atoms with Gasteiger partial charge in [0.1, 0.15) is 18.8 Å². The van der Waals surface area contributed by atoms with Crippen molar-refractivity contribution in [3.63, 3.8) is 0 Å². The molecule has 2 atom stereocenters. The zero-order valence-electron chi connectivity index (χ0n) is 20.9. The van der Waals surface area contributed by atoms with E-state index < -0.39 is 12.2 Å². The second-order valence-corrected chi connectivity index (χ2v) is 8.40. The number of allylic oxidation sites excluding steroid dienone is 3. The summed E-state index contributed by atoms with van der Waals surface area (Å²) in [5.41, 5.74) is 0. The first-order valence-corrected chi connectivity index (χ1v) is 12.9. The van der Waals surface area contributed by atoms with Gasteiger partial charge in [-0.3, -0.25) is 0 Å². The zero-order chi connectivity index (χ0) is 25.0. The maximum atomic E-state index is 9.78. The first kappa shape index (κ1) is 31.6. The molecule has 0 saturated heterocycles. The van der Waals surface area contributed by atoms with Gasteiger partial charge in [-0.25, -0.2) is 0 Å². The quantitative estimate of drug-likeness (QED) is 0.131. The van der Waals surface area contributed by atoms with Crippen molar-refractivity contribution in [2.75, 3.05) is 6.61 Å². The Morgan fingerprint density at radius 1 is 0.618 bits per heavy atom. The summed E-state index contributed by atoms with van der Waals surface area (Å²) in [6, 6.07) is 0. The van der Waals surface area contributed by atoms with E-state index in [1.807, 2.05) is 6.08 Å². The molecule has 0 aliphatic rings. The van der Waals surface area contributed by atoms with Gasteiger partial charge in [0, 0.05) is 0 Å². The summed E-state index contributed by atoms with van der Waals surface area (Å²) >= 11 is 0. The number of aliphatic hydroxyl groups excluding tert-OH is 3. The lowest BCUT2D eigenvalue weighted by atomic mass is 10.1. The van der Waals surface area contributed by atoms with Gasteiger partial charge in [0.05, 0.1) is 0 Å². The summed E-state index contributed by atoms with van der Waals surface area (Å²) < 4.78 is 0. The molecule has 0 aliphatic carbocycles. The molecule has 0 heterocycles. The van der Waals surface area contributed by atoms with Crippen LogP contribution in [-0.4, -0.2) is 34.1 Å². The van der Waals surface area contributed by atoms with Crippen LogP contribution < -0.4 is 0 Å². The molecule has 3 heteroatoms. The minimum atomic E-state index is -0.733. The van der Waals surface area contributed by atoms with E-state index in [1.54, 1.807) is 6.08 Å². The largest absolute Gasteiger partial charge is 0.384 e. The Bertz CT molecular complexity index is 752. The van der Waals surface area contributed by atoms with E-state index in [4.69, 9.17) is 11.5 Å². The molecule has 0 aliphatic heterocycles. The highest BCUT2D eigenvalue weighted by Crippen LogP contribution is 2.12. The van der Waals surface area contributed by atoms with Crippen molar-refractivity contribution in [3.8, 4) is 47.9 Å². The lowest BCUT2D eigenvalue weighted by Gasteiger charge is -2.03. The van der Waals surface area contributed by atoms with Gasteiger partial charge in [-0.1, -0.05) is 87.4 Å². The van der Waals surface area contributed by atoms with Crippen molar-refractivity contribution in [2.45, 2.75) is 115 Å². The summed E-state index contributed by atoms with van der Waals surface area (Å²) in [4.78, 5) is 0. The number of unbranched alkanes of at least 4 members (excludes halogenated alkanes) is 13. The Kier molecular flexibility index (Phi) is 25.0. The minimum absolute atomic E-state index is 0.203. The Labute approximate surface area is 209 Å². The SMILES string of the molecule is C#C[C@H](O)/C=C/CCCCCCCC/C=C\CCCCCCCC[C@H](O)C#CC#CC#CCO. The molecule has 0 saturated carbocycles. The summed E-state index contributed by atoms with van der Waals surface area (Å²) in [6.07, 6.45) is 30.9. The fourth-order valence-electron chi connectivity index (χ4n) is 3.39. The lowest BCUT2D eigenvalue weighted by Crippen LogP contribution is -2.01. The van der Waals surface area contributed by atoms with Crippen LogP contribution in [0.15, 0.2) is 24.3 Å². The average Bonchev–Trinajstić information content (AvgIpc) is 2.84. The van der Waals surface area contributed by atoms with E-state index >= 15 is 0 Å². The standard InChI is InChI=1S/C31H44O3/c1-2-30(33)26-22-18-15-13-11-9-7-5-3-4-6-8-10-12-14-16-19-23-27-31(34)28-24-20-17-21-25-29-32/h1,4,6,22,26,30-34H,3,5,7-16,18-19,23,27,29H2/b6-4-,26-22+/t30-,31-/m0/s1. The third kappa shape index (κ3) is 25.9. The van der Waals surface area contributed by atoms with Gasteiger partial charge in [-0.05, 0) is 81.1 Å². The van der Waals surface area contributed by atoms with Gasteiger partial charge in [0.25, 0.3) is 0 Å². The molecule has 34 heavy (non-hydrogen) atoms. The minimum Gasteiger partial charge on any atom is -0.384 e. The molecule has 0 fully saturated rings. The normalized spacial score (nSPS) is 12.2. The highest BCUT2D eigenvalue weighted by atomic mass is 16.3.